The second-order valence-corrected chi connectivity index (χ2v) is 7.25. The van der Waals surface area contributed by atoms with Crippen LogP contribution in [0.5, 0.6) is 0 Å². The van der Waals surface area contributed by atoms with E-state index in [0.29, 0.717) is 0 Å². The molecule has 0 saturated carbocycles. The van der Waals surface area contributed by atoms with E-state index in [4.69, 9.17) is 27.4 Å². The largest absolute Gasteiger partial charge is 0.0636 e. The highest BCUT2D eigenvalue weighted by Crippen LogP contribution is 2.44. The van der Waals surface area contributed by atoms with Gasteiger partial charge >= 0.3 is 0 Å². The summed E-state index contributed by atoms with van der Waals surface area (Å²) in [6.07, 6.45) is 0. The van der Waals surface area contributed by atoms with Crippen molar-refractivity contribution in [3.05, 3.63) is 133 Å². The lowest BCUT2D eigenvalue weighted by atomic mass is 9.85. The average Bonchev–Trinajstić information content (AvgIpc) is 3.17. The average molecular weight is 453 g/mol. The SMILES string of the molecule is [2H]c1c([2H])c([2H])c(-c2c3c([2H])c([2H])c([2H])c([2H])c3c(-c3c([2H])c([2H])c4c([2H])c([2H])c5c([2H])c([2H])c([2H])c([2H])c5c4c3[2H])c3c([2H])c([2H])c([2H])c([2H])c23)c([2H])c1[2H]. The lowest BCUT2D eigenvalue weighted by Crippen LogP contribution is -1.91. The third kappa shape index (κ3) is 2.86. The Hall–Kier alpha value is -4.42. The first-order valence-corrected chi connectivity index (χ1v) is 10.0. The van der Waals surface area contributed by atoms with Crippen LogP contribution >= 0.6 is 0 Å². The van der Waals surface area contributed by atoms with Gasteiger partial charge in [0.2, 0.25) is 0 Å². The number of rotatable bonds is 2. The molecule has 0 aromatic heterocycles. The van der Waals surface area contributed by atoms with E-state index in [9.17, 15) is 2.74 Å². The molecule has 0 unspecified atom stereocenters. The van der Waals surface area contributed by atoms with Crippen LogP contribution in [0.4, 0.5) is 0 Å². The van der Waals surface area contributed by atoms with Gasteiger partial charge in [-0.15, -0.1) is 0 Å². The Bertz CT molecular complexity index is 2930. The van der Waals surface area contributed by atoms with Gasteiger partial charge in [0.25, 0.3) is 0 Å². The molecule has 0 aliphatic heterocycles. The van der Waals surface area contributed by atoms with Crippen LogP contribution in [0.15, 0.2) is 133 Å². The van der Waals surface area contributed by atoms with Crippen LogP contribution in [0, 0.1) is 0 Å². The predicted octanol–water partition coefficient (Wildman–Crippen LogP) is 9.63. The second kappa shape index (κ2) is 7.57. The first-order valence-electron chi connectivity index (χ1n) is 21.0. The molecule has 0 heterocycles. The number of fused-ring (bicyclic) bond motifs is 5. The van der Waals surface area contributed by atoms with E-state index in [-0.39, 0.29) is 0 Å². The lowest BCUT2D eigenvalue weighted by molar-refractivity contribution is 1.66. The molecule has 0 aliphatic carbocycles. The van der Waals surface area contributed by atoms with Crippen LogP contribution in [-0.4, -0.2) is 0 Å². The molecule has 0 bridgehead atoms. The third-order valence-corrected chi connectivity index (χ3v) is 5.44. The van der Waals surface area contributed by atoms with Gasteiger partial charge in [-0.05, 0) is 71.4 Å². The van der Waals surface area contributed by atoms with Crippen molar-refractivity contribution >= 4 is 43.1 Å². The highest BCUT2D eigenvalue weighted by Gasteiger charge is 2.16. The highest BCUT2D eigenvalue weighted by atomic mass is 14.2. The number of benzene rings is 7. The molecular weight excluding hydrogens is 408 g/mol. The van der Waals surface area contributed by atoms with Crippen LogP contribution < -0.4 is 0 Å². The molecule has 0 saturated heterocycles. The Morgan fingerprint density at radius 3 is 1.38 bits per heavy atom. The first kappa shape index (κ1) is 7.29. The molecule has 7 aromatic carbocycles. The zero-order chi connectivity index (χ0) is 41.6. The van der Waals surface area contributed by atoms with Gasteiger partial charge < -0.3 is 0 Å². The molecule has 0 nitrogen and oxygen atoms in total. The Morgan fingerprint density at radius 2 is 0.765 bits per heavy atom. The van der Waals surface area contributed by atoms with Gasteiger partial charge in [-0.25, -0.2) is 0 Å². The molecule has 0 N–H and O–H groups in total. The summed E-state index contributed by atoms with van der Waals surface area (Å²) < 4.78 is 193. The van der Waals surface area contributed by atoms with E-state index in [1.165, 1.54) is 0 Å². The van der Waals surface area contributed by atoms with Crippen LogP contribution in [0.1, 0.15) is 30.2 Å². The first-order chi connectivity index (χ1) is 26.0. The lowest BCUT2D eigenvalue weighted by Gasteiger charge is -2.18. The fourth-order valence-corrected chi connectivity index (χ4v) is 4.03. The summed E-state index contributed by atoms with van der Waals surface area (Å²) >= 11 is 0. The van der Waals surface area contributed by atoms with E-state index in [1.54, 1.807) is 0 Å². The molecule has 0 heteroatoms. The molecule has 0 atom stereocenters. The molecule has 158 valence electrons. The van der Waals surface area contributed by atoms with Gasteiger partial charge in [0.1, 0.15) is 0 Å². The van der Waals surface area contributed by atoms with E-state index in [2.05, 4.69) is 0 Å². The Kier molecular flexibility index (Phi) is 1.62. The normalized spacial score (nSPS) is 20.6. The minimum absolute atomic E-state index is 0.486. The maximum atomic E-state index is 9.60. The second-order valence-electron chi connectivity index (χ2n) is 7.25. The summed E-state index contributed by atoms with van der Waals surface area (Å²) in [6, 6.07) is -18.8. The van der Waals surface area contributed by atoms with Crippen molar-refractivity contribution in [1.82, 2.24) is 0 Å². The molecule has 7 aromatic rings. The zero-order valence-corrected chi connectivity index (χ0v) is 17.0. The van der Waals surface area contributed by atoms with Crippen LogP contribution in [0.3, 0.4) is 0 Å². The summed E-state index contributed by atoms with van der Waals surface area (Å²) in [5.74, 6) is 0. The van der Waals surface area contributed by atoms with Gasteiger partial charge in [-0.2, -0.15) is 0 Å². The van der Waals surface area contributed by atoms with E-state index >= 15 is 0 Å². The van der Waals surface area contributed by atoms with Crippen LogP contribution in [0.2, 0.25) is 0 Å². The number of hydrogen-bond acceptors (Lipinski definition) is 0. The topological polar surface area (TPSA) is 0 Å². The summed E-state index contributed by atoms with van der Waals surface area (Å²) in [6.45, 7) is 0. The Balaban J connectivity index is 1.94. The summed E-state index contributed by atoms with van der Waals surface area (Å²) in [5, 5.41) is -4.57. The minimum Gasteiger partial charge on any atom is -0.0622 e. The summed E-state index contributed by atoms with van der Waals surface area (Å²) in [7, 11) is 0. The van der Waals surface area contributed by atoms with Crippen molar-refractivity contribution in [3.8, 4) is 22.3 Å². The van der Waals surface area contributed by atoms with Crippen molar-refractivity contribution in [3.63, 3.8) is 0 Å². The molecule has 0 fully saturated rings. The molecule has 0 aliphatic rings. The van der Waals surface area contributed by atoms with Crippen LogP contribution in [-0.2, 0) is 0 Å². The van der Waals surface area contributed by atoms with Gasteiger partial charge in [0, 0.05) is 0 Å². The van der Waals surface area contributed by atoms with E-state index < -0.39 is 198 Å². The third-order valence-electron chi connectivity index (χ3n) is 5.44. The van der Waals surface area contributed by atoms with Crippen molar-refractivity contribution in [1.29, 1.82) is 0 Å². The minimum atomic E-state index is -0.923. The fraction of sp³-hybridized carbons (Fsp3) is 0. The quantitative estimate of drug-likeness (QED) is 0.181. The van der Waals surface area contributed by atoms with Crippen molar-refractivity contribution in [2.75, 3.05) is 0 Å². The molecule has 7 rings (SSSR count). The molecule has 34 heavy (non-hydrogen) atoms. The Morgan fingerprint density at radius 1 is 0.324 bits per heavy atom. The van der Waals surface area contributed by atoms with Gasteiger partial charge in [-0.1, -0.05) is 127 Å². The van der Waals surface area contributed by atoms with E-state index in [1.807, 2.05) is 0 Å². The van der Waals surface area contributed by atoms with Crippen molar-refractivity contribution < 1.29 is 30.2 Å². The maximum absolute atomic E-state index is 9.60. The molecular formula is C34H22. The highest BCUT2D eigenvalue weighted by molar-refractivity contribution is 6.22. The van der Waals surface area contributed by atoms with Gasteiger partial charge in [-0.3, -0.25) is 0 Å². The van der Waals surface area contributed by atoms with Gasteiger partial charge in [0.15, 0.2) is 0 Å². The maximum Gasteiger partial charge on any atom is 0.0636 e. The predicted molar refractivity (Wildman–Crippen MR) is 147 cm³/mol. The van der Waals surface area contributed by atoms with Gasteiger partial charge in [0.05, 0.1) is 30.2 Å². The summed E-state index contributed by atoms with van der Waals surface area (Å²) in [5.41, 5.74) is -2.64. The van der Waals surface area contributed by atoms with Crippen molar-refractivity contribution in [2.24, 2.45) is 0 Å². The standard InChI is InChI=1S/C34H22/c1-2-11-25(12-3-1)33-28-14-6-8-16-30(28)34(31-17-9-7-15-29(31)33)26-21-20-24-19-18-23-10-4-5-13-27(23)32(24)22-26/h1-22H/i1D,2D,3D,4D,5D,6D,7D,8D,9D,10D,11D,12D,13D,14D,15D,16D,17D,18D,19D,20D,21D,22D. The molecule has 0 spiro atoms. The number of hydrogen-bond donors (Lipinski definition) is 0. The van der Waals surface area contributed by atoms with Crippen LogP contribution in [0.25, 0.3) is 65.3 Å². The zero-order valence-electron chi connectivity index (χ0n) is 39.0. The fourth-order valence-electron chi connectivity index (χ4n) is 4.03. The van der Waals surface area contributed by atoms with E-state index in [0.717, 1.165) is 0 Å². The molecule has 0 radical (unpaired) electrons. The summed E-state index contributed by atoms with van der Waals surface area (Å²) in [4.78, 5) is 0. The molecule has 0 amide bonds. The monoisotopic (exact) mass is 452 g/mol. The Labute approximate surface area is 229 Å². The van der Waals surface area contributed by atoms with Crippen molar-refractivity contribution in [2.45, 2.75) is 0 Å². The smallest absolute Gasteiger partial charge is 0.0622 e.